The monoisotopic (exact) mass is 300 g/mol. The number of methoxy groups -OCH3 is 1. The summed E-state index contributed by atoms with van der Waals surface area (Å²) in [5.74, 6) is -0.581. The number of carbonyl (C=O) groups is 2. The van der Waals surface area contributed by atoms with Crippen molar-refractivity contribution in [1.82, 2.24) is 5.32 Å². The SMILES string of the molecule is COc1cc(NC(=O)NCCS(C)=O)ccc1C(=O)O. The summed E-state index contributed by atoms with van der Waals surface area (Å²) in [5, 5.41) is 14.0. The molecule has 1 rings (SSSR count). The molecule has 3 N–H and O–H groups in total. The van der Waals surface area contributed by atoms with Crippen LogP contribution in [0.15, 0.2) is 18.2 Å². The van der Waals surface area contributed by atoms with Crippen LogP contribution in [-0.2, 0) is 10.8 Å². The first kappa shape index (κ1) is 16.0. The van der Waals surface area contributed by atoms with E-state index in [1.807, 2.05) is 0 Å². The normalized spacial score (nSPS) is 11.5. The highest BCUT2D eigenvalue weighted by Gasteiger charge is 2.12. The molecule has 0 fully saturated rings. The number of nitrogens with one attached hydrogen (secondary N) is 2. The Balaban J connectivity index is 2.66. The summed E-state index contributed by atoms with van der Waals surface area (Å²) in [6.07, 6.45) is 1.55. The van der Waals surface area contributed by atoms with Gasteiger partial charge in [-0.05, 0) is 12.1 Å². The van der Waals surface area contributed by atoms with Gasteiger partial charge in [-0.2, -0.15) is 0 Å². The minimum atomic E-state index is -1.11. The largest absolute Gasteiger partial charge is 0.496 e. The smallest absolute Gasteiger partial charge is 0.339 e. The molecule has 0 heterocycles. The standard InChI is InChI=1S/C12H16N2O5S/c1-19-10-7-8(3-4-9(10)11(15)16)14-12(17)13-5-6-20(2)18/h3-4,7H,5-6H2,1-2H3,(H,15,16)(H2,13,14,17). The van der Waals surface area contributed by atoms with E-state index in [-0.39, 0.29) is 11.3 Å². The number of hydrogen-bond acceptors (Lipinski definition) is 4. The van der Waals surface area contributed by atoms with E-state index in [2.05, 4.69) is 10.6 Å². The van der Waals surface area contributed by atoms with Crippen molar-refractivity contribution in [1.29, 1.82) is 0 Å². The van der Waals surface area contributed by atoms with Gasteiger partial charge in [0, 0.05) is 41.1 Å². The molecule has 1 aromatic rings. The molecule has 110 valence electrons. The van der Waals surface area contributed by atoms with Crippen LogP contribution in [0.2, 0.25) is 0 Å². The molecular weight excluding hydrogens is 284 g/mol. The third kappa shape index (κ3) is 4.88. The number of hydrogen-bond donors (Lipinski definition) is 3. The number of carbonyl (C=O) groups excluding carboxylic acids is 1. The number of rotatable bonds is 6. The van der Waals surface area contributed by atoms with Gasteiger partial charge in [0.05, 0.1) is 7.11 Å². The minimum absolute atomic E-state index is 0.0137. The molecule has 2 amide bonds. The number of amides is 2. The zero-order valence-electron chi connectivity index (χ0n) is 11.1. The number of aromatic carboxylic acids is 1. The summed E-state index contributed by atoms with van der Waals surface area (Å²) in [4.78, 5) is 22.4. The summed E-state index contributed by atoms with van der Waals surface area (Å²) < 4.78 is 15.8. The summed E-state index contributed by atoms with van der Waals surface area (Å²) in [7, 11) is 0.380. The van der Waals surface area contributed by atoms with E-state index in [4.69, 9.17) is 9.84 Å². The lowest BCUT2D eigenvalue weighted by molar-refractivity contribution is 0.0693. The zero-order valence-corrected chi connectivity index (χ0v) is 12.0. The lowest BCUT2D eigenvalue weighted by atomic mass is 10.2. The second-order valence-corrected chi connectivity index (χ2v) is 5.43. The van der Waals surface area contributed by atoms with Crippen molar-refractivity contribution < 1.29 is 23.6 Å². The molecule has 0 radical (unpaired) electrons. The average Bonchev–Trinajstić information content (AvgIpc) is 2.37. The maximum Gasteiger partial charge on any atom is 0.339 e. The average molecular weight is 300 g/mol. The molecule has 0 saturated heterocycles. The van der Waals surface area contributed by atoms with Gasteiger partial charge in [0.15, 0.2) is 0 Å². The van der Waals surface area contributed by atoms with E-state index >= 15 is 0 Å². The molecule has 20 heavy (non-hydrogen) atoms. The van der Waals surface area contributed by atoms with Crippen molar-refractivity contribution in [3.63, 3.8) is 0 Å². The van der Waals surface area contributed by atoms with Gasteiger partial charge < -0.3 is 20.5 Å². The van der Waals surface area contributed by atoms with Crippen LogP contribution in [0.3, 0.4) is 0 Å². The minimum Gasteiger partial charge on any atom is -0.496 e. The second-order valence-electron chi connectivity index (χ2n) is 3.88. The van der Waals surface area contributed by atoms with Crippen molar-refractivity contribution >= 4 is 28.5 Å². The predicted octanol–water partition coefficient (Wildman–Crippen LogP) is 0.893. The van der Waals surface area contributed by atoms with Crippen molar-refractivity contribution in [2.24, 2.45) is 0 Å². The van der Waals surface area contributed by atoms with Crippen molar-refractivity contribution in [2.75, 3.05) is 31.0 Å². The number of ether oxygens (including phenoxy) is 1. The predicted molar refractivity (Wildman–Crippen MR) is 75.9 cm³/mol. The van der Waals surface area contributed by atoms with Crippen molar-refractivity contribution in [3.05, 3.63) is 23.8 Å². The van der Waals surface area contributed by atoms with E-state index in [0.717, 1.165) is 0 Å². The second kappa shape index (κ2) is 7.49. The highest BCUT2D eigenvalue weighted by molar-refractivity contribution is 7.84. The Bertz CT molecular complexity index is 533. The van der Waals surface area contributed by atoms with Gasteiger partial charge in [0.25, 0.3) is 0 Å². The third-order valence-corrected chi connectivity index (χ3v) is 3.14. The van der Waals surface area contributed by atoms with E-state index in [1.54, 1.807) is 6.26 Å². The van der Waals surface area contributed by atoms with Gasteiger partial charge in [-0.15, -0.1) is 0 Å². The molecule has 0 bridgehead atoms. The Hall–Kier alpha value is -2.09. The molecule has 8 heteroatoms. The van der Waals surface area contributed by atoms with Crippen LogP contribution in [0, 0.1) is 0 Å². The molecule has 0 saturated carbocycles. The highest BCUT2D eigenvalue weighted by Crippen LogP contribution is 2.23. The first-order chi connectivity index (χ1) is 9.43. The van der Waals surface area contributed by atoms with Gasteiger partial charge in [0.2, 0.25) is 0 Å². The maximum atomic E-state index is 11.5. The van der Waals surface area contributed by atoms with Crippen LogP contribution >= 0.6 is 0 Å². The fourth-order valence-corrected chi connectivity index (χ4v) is 1.82. The van der Waals surface area contributed by atoms with Crippen LogP contribution in [0.4, 0.5) is 10.5 Å². The van der Waals surface area contributed by atoms with Crippen LogP contribution in [0.5, 0.6) is 5.75 Å². The van der Waals surface area contributed by atoms with Gasteiger partial charge >= 0.3 is 12.0 Å². The summed E-state index contributed by atoms with van der Waals surface area (Å²) in [6.45, 7) is 0.291. The molecule has 7 nitrogen and oxygen atoms in total. The zero-order chi connectivity index (χ0) is 15.1. The van der Waals surface area contributed by atoms with Gasteiger partial charge in [0.1, 0.15) is 11.3 Å². The topological polar surface area (TPSA) is 105 Å². The molecule has 0 aliphatic rings. The van der Waals surface area contributed by atoms with Gasteiger partial charge in [-0.1, -0.05) is 0 Å². The number of carboxylic acids is 1. The Morgan fingerprint density at radius 2 is 2.10 bits per heavy atom. The Labute approximate surface area is 118 Å². The Morgan fingerprint density at radius 3 is 2.65 bits per heavy atom. The lowest BCUT2D eigenvalue weighted by Gasteiger charge is -2.10. The van der Waals surface area contributed by atoms with Crippen LogP contribution < -0.4 is 15.4 Å². The number of carboxylic acid groups (broad SMARTS) is 1. The summed E-state index contributed by atoms with van der Waals surface area (Å²) in [5.41, 5.74) is 0.418. The van der Waals surface area contributed by atoms with E-state index in [0.29, 0.717) is 18.0 Å². The van der Waals surface area contributed by atoms with Gasteiger partial charge in [-0.3, -0.25) is 4.21 Å². The van der Waals surface area contributed by atoms with Crippen LogP contribution in [0.1, 0.15) is 10.4 Å². The molecule has 1 unspecified atom stereocenters. The van der Waals surface area contributed by atoms with E-state index in [1.165, 1.54) is 25.3 Å². The maximum absolute atomic E-state index is 11.5. The lowest BCUT2D eigenvalue weighted by Crippen LogP contribution is -2.31. The van der Waals surface area contributed by atoms with Crippen molar-refractivity contribution in [2.45, 2.75) is 0 Å². The van der Waals surface area contributed by atoms with Crippen LogP contribution in [-0.4, -0.2) is 47.0 Å². The molecule has 0 aliphatic heterocycles. The highest BCUT2D eigenvalue weighted by atomic mass is 32.2. The fourth-order valence-electron chi connectivity index (χ4n) is 1.43. The number of anilines is 1. The Kier molecular flexibility index (Phi) is 5.98. The summed E-state index contributed by atoms with van der Waals surface area (Å²) >= 11 is 0. The molecular formula is C12H16N2O5S. The van der Waals surface area contributed by atoms with Gasteiger partial charge in [-0.25, -0.2) is 9.59 Å². The van der Waals surface area contributed by atoms with E-state index in [9.17, 15) is 13.8 Å². The van der Waals surface area contributed by atoms with E-state index < -0.39 is 22.8 Å². The first-order valence-electron chi connectivity index (χ1n) is 5.70. The fraction of sp³-hybridized carbons (Fsp3) is 0.333. The Morgan fingerprint density at radius 1 is 1.40 bits per heavy atom. The van der Waals surface area contributed by atoms with Crippen molar-refractivity contribution in [3.8, 4) is 5.75 Å². The third-order valence-electron chi connectivity index (χ3n) is 2.36. The first-order valence-corrected chi connectivity index (χ1v) is 7.43. The number of urea groups is 1. The quantitative estimate of drug-likeness (QED) is 0.724. The molecule has 1 atom stereocenters. The molecule has 0 aliphatic carbocycles. The molecule has 1 aromatic carbocycles. The van der Waals surface area contributed by atoms with Crippen LogP contribution in [0.25, 0.3) is 0 Å². The number of benzene rings is 1. The molecule has 0 spiro atoms. The molecule has 0 aromatic heterocycles. The summed E-state index contributed by atoms with van der Waals surface area (Å²) in [6, 6.07) is 3.77.